The van der Waals surface area contributed by atoms with E-state index in [4.69, 9.17) is 14.4 Å². The smallest absolute Gasteiger partial charge is 0.261 e. The van der Waals surface area contributed by atoms with Crippen molar-refractivity contribution in [3.8, 4) is 0 Å². The van der Waals surface area contributed by atoms with Gasteiger partial charge in [0.1, 0.15) is 0 Å². The molecule has 0 aliphatic carbocycles. The lowest BCUT2D eigenvalue weighted by molar-refractivity contribution is 0.405. The van der Waals surface area contributed by atoms with E-state index in [0.717, 1.165) is 0 Å². The molecule has 0 saturated carbocycles. The molecule has 0 fully saturated rings. The first-order valence-corrected chi connectivity index (χ1v) is 6.04. The zero-order valence-electron chi connectivity index (χ0n) is 9.00. The molecule has 1 heterocycles. The lowest BCUT2D eigenvalue weighted by Crippen LogP contribution is -1.97. The third kappa shape index (κ3) is 7.14. The van der Waals surface area contributed by atoms with E-state index in [9.17, 15) is 0 Å². The van der Waals surface area contributed by atoms with Crippen molar-refractivity contribution in [2.24, 2.45) is 0 Å². The van der Waals surface area contributed by atoms with E-state index in [1.165, 1.54) is 18.5 Å². The molecule has 15 heavy (non-hydrogen) atoms. The Labute approximate surface area is 90.9 Å². The van der Waals surface area contributed by atoms with Gasteiger partial charge in [0.25, 0.3) is 0 Å². The monoisotopic (exact) mass is 230 g/mol. The van der Waals surface area contributed by atoms with Crippen molar-refractivity contribution in [2.75, 3.05) is 0 Å². The van der Waals surface area contributed by atoms with Crippen LogP contribution in [0.1, 0.15) is 38.3 Å². The molecule has 0 aliphatic heterocycles. The van der Waals surface area contributed by atoms with Gasteiger partial charge in [0, 0.05) is 22.4 Å². The third-order valence-corrected chi connectivity index (χ3v) is 2.09. The minimum absolute atomic E-state index is 0.649. The number of rotatable bonds is 3. The molecule has 0 amide bonds. The van der Waals surface area contributed by atoms with Gasteiger partial charge in [-0.25, -0.2) is 0 Å². The van der Waals surface area contributed by atoms with Crippen molar-refractivity contribution >= 4 is 8.25 Å². The van der Waals surface area contributed by atoms with E-state index < -0.39 is 8.25 Å². The average molecular weight is 230 g/mol. The fourth-order valence-corrected chi connectivity index (χ4v) is 1.32. The highest BCUT2D eigenvalue weighted by atomic mass is 31.1. The summed E-state index contributed by atoms with van der Waals surface area (Å²) in [5, 5.41) is 0. The molecule has 0 spiro atoms. The molecule has 1 aromatic rings. The van der Waals surface area contributed by atoms with Gasteiger partial charge in [-0.1, -0.05) is 19.9 Å². The minimum Gasteiger partial charge on any atom is -0.261 e. The van der Waals surface area contributed by atoms with E-state index in [0.29, 0.717) is 5.92 Å². The predicted octanol–water partition coefficient (Wildman–Crippen LogP) is 2.61. The van der Waals surface area contributed by atoms with Crippen LogP contribution >= 0.6 is 8.25 Å². The van der Waals surface area contributed by atoms with Crippen LogP contribution in [-0.2, 0) is 4.57 Å². The maximum atomic E-state index is 8.70. The van der Waals surface area contributed by atoms with Crippen LogP contribution in [0, 0.1) is 0 Å². The number of pyridine rings is 1. The highest BCUT2D eigenvalue weighted by Gasteiger charge is 2.05. The molecular formula is C10H17NO3P+. The van der Waals surface area contributed by atoms with Crippen molar-refractivity contribution in [1.29, 1.82) is 0 Å². The molecule has 0 saturated heterocycles. The fraction of sp³-hybridized carbons (Fsp3) is 0.500. The second kappa shape index (κ2) is 8.48. The van der Waals surface area contributed by atoms with Crippen LogP contribution in [0.5, 0.6) is 0 Å². The Balaban J connectivity index is 0.000000423. The fourth-order valence-electron chi connectivity index (χ4n) is 1.32. The van der Waals surface area contributed by atoms with Gasteiger partial charge in [0.2, 0.25) is 0 Å². The van der Waals surface area contributed by atoms with Crippen LogP contribution < -0.4 is 0 Å². The molecule has 0 radical (unpaired) electrons. The Kier molecular flexibility index (Phi) is 8.01. The molecule has 1 aromatic heterocycles. The van der Waals surface area contributed by atoms with Crippen molar-refractivity contribution in [3.63, 3.8) is 0 Å². The van der Waals surface area contributed by atoms with Crippen LogP contribution in [-0.4, -0.2) is 14.8 Å². The van der Waals surface area contributed by atoms with Gasteiger partial charge in [-0.05, 0) is 25.0 Å². The number of hydrogen-bond donors (Lipinski definition) is 2. The normalized spacial score (nSPS) is 9.40. The topological polar surface area (TPSA) is 70.4 Å². The van der Waals surface area contributed by atoms with Crippen LogP contribution in [0.4, 0.5) is 0 Å². The Morgan fingerprint density at radius 3 is 2.20 bits per heavy atom. The third-order valence-electron chi connectivity index (χ3n) is 2.09. The summed E-state index contributed by atoms with van der Waals surface area (Å²) in [4.78, 5) is 18.6. The van der Waals surface area contributed by atoms with Gasteiger partial charge in [0.05, 0.1) is 0 Å². The van der Waals surface area contributed by atoms with Crippen molar-refractivity contribution in [2.45, 2.75) is 32.6 Å². The molecule has 1 rings (SSSR count). The van der Waals surface area contributed by atoms with Gasteiger partial charge in [0.15, 0.2) is 0 Å². The minimum atomic E-state index is -2.87. The van der Waals surface area contributed by atoms with E-state index >= 15 is 0 Å². The van der Waals surface area contributed by atoms with Crippen LogP contribution in [0.2, 0.25) is 0 Å². The average Bonchev–Trinajstić information content (AvgIpc) is 2.20. The van der Waals surface area contributed by atoms with Crippen LogP contribution in [0.3, 0.4) is 0 Å². The van der Waals surface area contributed by atoms with E-state index in [1.54, 1.807) is 0 Å². The quantitative estimate of drug-likeness (QED) is 0.783. The molecule has 84 valence electrons. The summed E-state index contributed by atoms with van der Waals surface area (Å²) < 4.78 is 8.70. The van der Waals surface area contributed by atoms with Gasteiger partial charge in [-0.15, -0.1) is 9.79 Å². The molecule has 2 N–H and O–H groups in total. The van der Waals surface area contributed by atoms with Gasteiger partial charge in [-0.3, -0.25) is 4.98 Å². The zero-order valence-corrected chi connectivity index (χ0v) is 9.89. The second-order valence-electron chi connectivity index (χ2n) is 3.02. The molecular weight excluding hydrogens is 213 g/mol. The Morgan fingerprint density at radius 1 is 1.33 bits per heavy atom. The van der Waals surface area contributed by atoms with E-state index in [1.807, 2.05) is 12.3 Å². The summed E-state index contributed by atoms with van der Waals surface area (Å²) in [6.07, 6.45) is 4.24. The predicted molar refractivity (Wildman–Crippen MR) is 59.6 cm³/mol. The molecule has 0 bridgehead atoms. The lowest BCUT2D eigenvalue weighted by Gasteiger charge is -2.09. The largest absolute Gasteiger partial charge is 0.692 e. The van der Waals surface area contributed by atoms with E-state index in [2.05, 4.69) is 31.0 Å². The molecule has 0 atom stereocenters. The number of nitrogens with zero attached hydrogens (tertiary/aromatic N) is 1. The van der Waals surface area contributed by atoms with Gasteiger partial charge in [-0.2, -0.15) is 0 Å². The first-order valence-electron chi connectivity index (χ1n) is 4.87. The standard InChI is InChI=1S/C10H15N.HO3P/c1-3-9(4-2)10-7-5-6-8-11-10;1-4(2)3/h5-9H,3-4H2,1-2H3;(H-,1,2,3)/p+1. The summed E-state index contributed by atoms with van der Waals surface area (Å²) in [5.74, 6) is 0.649. The molecule has 5 heteroatoms. The molecule has 0 aliphatic rings. The van der Waals surface area contributed by atoms with Crippen LogP contribution in [0.15, 0.2) is 24.4 Å². The summed E-state index contributed by atoms with van der Waals surface area (Å²) in [5.41, 5.74) is 1.23. The van der Waals surface area contributed by atoms with Crippen molar-refractivity contribution in [1.82, 2.24) is 4.98 Å². The van der Waals surface area contributed by atoms with Gasteiger partial charge >= 0.3 is 8.25 Å². The second-order valence-corrected chi connectivity index (χ2v) is 3.53. The van der Waals surface area contributed by atoms with Crippen molar-refractivity contribution in [3.05, 3.63) is 30.1 Å². The Bertz CT molecular complexity index is 271. The summed E-state index contributed by atoms with van der Waals surface area (Å²) in [7, 11) is -2.87. The first kappa shape index (κ1) is 14.2. The highest BCUT2D eigenvalue weighted by molar-refractivity contribution is 7.30. The maximum absolute atomic E-state index is 8.70. The highest BCUT2D eigenvalue weighted by Crippen LogP contribution is 2.19. The van der Waals surface area contributed by atoms with Gasteiger partial charge < -0.3 is 0 Å². The maximum Gasteiger partial charge on any atom is 0.692 e. The molecule has 4 nitrogen and oxygen atoms in total. The molecule has 0 unspecified atom stereocenters. The number of hydrogen-bond acceptors (Lipinski definition) is 2. The van der Waals surface area contributed by atoms with Crippen LogP contribution in [0.25, 0.3) is 0 Å². The summed E-state index contributed by atoms with van der Waals surface area (Å²) >= 11 is 0. The zero-order chi connectivity index (χ0) is 11.7. The summed E-state index contributed by atoms with van der Waals surface area (Å²) in [6.45, 7) is 4.42. The summed E-state index contributed by atoms with van der Waals surface area (Å²) in [6, 6.07) is 6.13. The lowest BCUT2D eigenvalue weighted by atomic mass is 9.99. The van der Waals surface area contributed by atoms with Crippen molar-refractivity contribution < 1.29 is 14.4 Å². The Morgan fingerprint density at radius 2 is 1.87 bits per heavy atom. The SMILES string of the molecule is CCC(CC)c1ccccn1.O=[P+](O)O. The first-order chi connectivity index (χ1) is 7.11. The Hall–Kier alpha value is -0.830. The molecule has 0 aromatic carbocycles. The van der Waals surface area contributed by atoms with E-state index in [-0.39, 0.29) is 0 Å². The number of aromatic nitrogens is 1.